The zero-order valence-corrected chi connectivity index (χ0v) is 17.0. The van der Waals surface area contributed by atoms with Crippen molar-refractivity contribution in [2.45, 2.75) is 13.3 Å². The van der Waals surface area contributed by atoms with Crippen molar-refractivity contribution in [3.8, 4) is 5.69 Å². The van der Waals surface area contributed by atoms with Crippen molar-refractivity contribution in [3.05, 3.63) is 84.2 Å². The standard InChI is InChI=1S/C24H26N4O/c1-19-7-6-10-23(15-19)26(2)24(29)18-27-13-11-20(12-14-27)21-16-25-28(17-21)22-8-4-3-5-9-22/h3-11,15-17H,12-14,18H2,1-2H3. The lowest BCUT2D eigenvalue weighted by Gasteiger charge is -2.27. The van der Waals surface area contributed by atoms with Crippen molar-refractivity contribution in [2.24, 2.45) is 0 Å². The molecule has 1 aromatic heterocycles. The highest BCUT2D eigenvalue weighted by molar-refractivity contribution is 5.94. The first-order chi connectivity index (χ1) is 14.1. The molecule has 5 heteroatoms. The summed E-state index contributed by atoms with van der Waals surface area (Å²) in [7, 11) is 1.85. The Labute approximate surface area is 171 Å². The first-order valence-electron chi connectivity index (χ1n) is 9.95. The average molecular weight is 386 g/mol. The number of likely N-dealkylation sites (N-methyl/N-ethyl adjacent to an activating group) is 1. The molecule has 2 aromatic carbocycles. The third kappa shape index (κ3) is 4.46. The van der Waals surface area contributed by atoms with E-state index in [0.29, 0.717) is 6.54 Å². The maximum atomic E-state index is 12.7. The third-order valence-electron chi connectivity index (χ3n) is 5.39. The lowest BCUT2D eigenvalue weighted by Crippen LogP contribution is -2.40. The number of benzene rings is 2. The number of hydrogen-bond donors (Lipinski definition) is 0. The number of para-hydroxylation sites is 1. The zero-order chi connectivity index (χ0) is 20.2. The van der Waals surface area contributed by atoms with E-state index < -0.39 is 0 Å². The molecule has 0 spiro atoms. The van der Waals surface area contributed by atoms with E-state index in [-0.39, 0.29) is 5.91 Å². The first-order valence-corrected chi connectivity index (χ1v) is 9.95. The monoisotopic (exact) mass is 386 g/mol. The summed E-state index contributed by atoms with van der Waals surface area (Å²) in [6.45, 7) is 4.12. The Morgan fingerprint density at radius 1 is 1.14 bits per heavy atom. The second kappa shape index (κ2) is 8.45. The summed E-state index contributed by atoms with van der Waals surface area (Å²) in [5.41, 5.74) is 5.60. The highest BCUT2D eigenvalue weighted by Crippen LogP contribution is 2.23. The molecule has 3 aromatic rings. The van der Waals surface area contributed by atoms with Crippen LogP contribution in [0.4, 0.5) is 5.69 Å². The summed E-state index contributed by atoms with van der Waals surface area (Å²) < 4.78 is 1.91. The molecule has 2 heterocycles. The van der Waals surface area contributed by atoms with Gasteiger partial charge in [0.05, 0.1) is 18.4 Å². The van der Waals surface area contributed by atoms with Gasteiger partial charge >= 0.3 is 0 Å². The van der Waals surface area contributed by atoms with Gasteiger partial charge in [0.2, 0.25) is 5.91 Å². The molecule has 1 aliphatic rings. The van der Waals surface area contributed by atoms with Gasteiger partial charge in [-0.1, -0.05) is 36.4 Å². The molecular formula is C24H26N4O. The molecule has 0 saturated heterocycles. The van der Waals surface area contributed by atoms with Crippen LogP contribution in [0.25, 0.3) is 11.3 Å². The van der Waals surface area contributed by atoms with Crippen LogP contribution in [0.15, 0.2) is 73.1 Å². The van der Waals surface area contributed by atoms with Crippen molar-refractivity contribution < 1.29 is 4.79 Å². The molecule has 0 atom stereocenters. The van der Waals surface area contributed by atoms with Crippen LogP contribution in [-0.2, 0) is 4.79 Å². The smallest absolute Gasteiger partial charge is 0.240 e. The number of carbonyl (C=O) groups is 1. The minimum absolute atomic E-state index is 0.115. The number of rotatable bonds is 5. The predicted molar refractivity (Wildman–Crippen MR) is 117 cm³/mol. The van der Waals surface area contributed by atoms with Crippen LogP contribution in [-0.4, -0.2) is 47.3 Å². The molecule has 4 rings (SSSR count). The van der Waals surface area contributed by atoms with Gasteiger partial charge < -0.3 is 4.90 Å². The molecule has 1 amide bonds. The Balaban J connectivity index is 1.37. The fraction of sp³-hybridized carbons (Fsp3) is 0.250. The van der Waals surface area contributed by atoms with E-state index in [1.54, 1.807) is 4.90 Å². The molecule has 29 heavy (non-hydrogen) atoms. The normalized spacial score (nSPS) is 14.5. The second-order valence-corrected chi connectivity index (χ2v) is 7.52. The van der Waals surface area contributed by atoms with E-state index in [1.165, 1.54) is 5.57 Å². The minimum atomic E-state index is 0.115. The molecule has 148 valence electrons. The van der Waals surface area contributed by atoms with E-state index in [1.807, 2.05) is 79.4 Å². The Morgan fingerprint density at radius 3 is 2.69 bits per heavy atom. The van der Waals surface area contributed by atoms with Gasteiger partial charge in [-0.3, -0.25) is 9.69 Å². The molecule has 0 radical (unpaired) electrons. The summed E-state index contributed by atoms with van der Waals surface area (Å²) in [5, 5.41) is 4.49. The van der Waals surface area contributed by atoms with Gasteiger partial charge in [0.1, 0.15) is 0 Å². The summed E-state index contributed by atoms with van der Waals surface area (Å²) in [5.74, 6) is 0.115. The van der Waals surface area contributed by atoms with Crippen LogP contribution in [0.1, 0.15) is 17.5 Å². The van der Waals surface area contributed by atoms with E-state index in [2.05, 4.69) is 22.3 Å². The van der Waals surface area contributed by atoms with Crippen molar-refractivity contribution in [1.82, 2.24) is 14.7 Å². The molecule has 1 aliphatic heterocycles. The largest absolute Gasteiger partial charge is 0.314 e. The van der Waals surface area contributed by atoms with E-state index >= 15 is 0 Å². The van der Waals surface area contributed by atoms with Gasteiger partial charge in [0, 0.05) is 37.6 Å². The molecule has 0 saturated carbocycles. The van der Waals surface area contributed by atoms with Crippen LogP contribution in [0.2, 0.25) is 0 Å². The van der Waals surface area contributed by atoms with Gasteiger partial charge in [-0.15, -0.1) is 0 Å². The number of aromatic nitrogens is 2. The van der Waals surface area contributed by atoms with Crippen LogP contribution in [0.3, 0.4) is 0 Å². The maximum absolute atomic E-state index is 12.7. The number of carbonyl (C=O) groups excluding carboxylic acids is 1. The van der Waals surface area contributed by atoms with Crippen LogP contribution in [0, 0.1) is 6.92 Å². The van der Waals surface area contributed by atoms with Crippen molar-refractivity contribution in [3.63, 3.8) is 0 Å². The lowest BCUT2D eigenvalue weighted by atomic mass is 10.0. The number of anilines is 1. The van der Waals surface area contributed by atoms with E-state index in [4.69, 9.17) is 0 Å². The zero-order valence-electron chi connectivity index (χ0n) is 17.0. The van der Waals surface area contributed by atoms with Crippen LogP contribution >= 0.6 is 0 Å². The lowest BCUT2D eigenvalue weighted by molar-refractivity contribution is -0.119. The van der Waals surface area contributed by atoms with Gasteiger partial charge in [0.15, 0.2) is 0 Å². The fourth-order valence-electron chi connectivity index (χ4n) is 3.61. The maximum Gasteiger partial charge on any atom is 0.240 e. The van der Waals surface area contributed by atoms with Crippen LogP contribution in [0.5, 0.6) is 0 Å². The van der Waals surface area contributed by atoms with Crippen LogP contribution < -0.4 is 4.90 Å². The highest BCUT2D eigenvalue weighted by atomic mass is 16.2. The second-order valence-electron chi connectivity index (χ2n) is 7.52. The number of nitrogens with zero attached hydrogens (tertiary/aromatic N) is 4. The predicted octanol–water partition coefficient (Wildman–Crippen LogP) is 3.93. The Hall–Kier alpha value is -3.18. The summed E-state index contributed by atoms with van der Waals surface area (Å²) >= 11 is 0. The third-order valence-corrected chi connectivity index (χ3v) is 5.39. The molecule has 5 nitrogen and oxygen atoms in total. The Kier molecular flexibility index (Phi) is 5.58. The summed E-state index contributed by atoms with van der Waals surface area (Å²) in [4.78, 5) is 16.6. The van der Waals surface area contributed by atoms with Gasteiger partial charge in [-0.25, -0.2) is 4.68 Å². The van der Waals surface area contributed by atoms with Crippen molar-refractivity contribution in [1.29, 1.82) is 0 Å². The van der Waals surface area contributed by atoms with Gasteiger partial charge in [-0.05, 0) is 48.7 Å². The molecule has 0 unspecified atom stereocenters. The quantitative estimate of drug-likeness (QED) is 0.667. The minimum Gasteiger partial charge on any atom is -0.314 e. The topological polar surface area (TPSA) is 41.4 Å². The highest BCUT2D eigenvalue weighted by Gasteiger charge is 2.19. The number of hydrogen-bond acceptors (Lipinski definition) is 3. The van der Waals surface area contributed by atoms with E-state index in [9.17, 15) is 4.79 Å². The molecule has 0 fully saturated rings. The SMILES string of the molecule is Cc1cccc(N(C)C(=O)CN2CC=C(c3cnn(-c4ccccc4)c3)CC2)c1. The summed E-state index contributed by atoms with van der Waals surface area (Å²) in [6, 6.07) is 18.2. The van der Waals surface area contributed by atoms with E-state index in [0.717, 1.165) is 42.0 Å². The Morgan fingerprint density at radius 2 is 1.97 bits per heavy atom. The fourth-order valence-corrected chi connectivity index (χ4v) is 3.61. The first kappa shape index (κ1) is 19.2. The van der Waals surface area contributed by atoms with Gasteiger partial charge in [-0.2, -0.15) is 5.10 Å². The van der Waals surface area contributed by atoms with Gasteiger partial charge in [0.25, 0.3) is 0 Å². The molecular weight excluding hydrogens is 360 g/mol. The molecule has 0 aliphatic carbocycles. The van der Waals surface area contributed by atoms with Crippen molar-refractivity contribution in [2.75, 3.05) is 31.6 Å². The Bertz CT molecular complexity index is 1020. The molecule has 0 N–H and O–H groups in total. The van der Waals surface area contributed by atoms with Crippen molar-refractivity contribution >= 4 is 17.2 Å². The molecule has 0 bridgehead atoms. The summed E-state index contributed by atoms with van der Waals surface area (Å²) in [6.07, 6.45) is 7.14. The number of amides is 1. The number of aryl methyl sites for hydroxylation is 1. The average Bonchev–Trinajstić information content (AvgIpc) is 3.25.